The molecule has 0 N–H and O–H groups in total. The minimum atomic E-state index is -0.245. The first kappa shape index (κ1) is 11.6. The Hall–Kier alpha value is -0.470. The lowest BCUT2D eigenvalue weighted by Crippen LogP contribution is -2.20. The van der Waals surface area contributed by atoms with Gasteiger partial charge in [-0.3, -0.25) is 0 Å². The molecule has 0 aromatic heterocycles. The third-order valence-electron chi connectivity index (χ3n) is 2.06. The van der Waals surface area contributed by atoms with Crippen LogP contribution in [0.1, 0.15) is 5.56 Å². The fourth-order valence-corrected chi connectivity index (χ4v) is 1.79. The van der Waals surface area contributed by atoms with Crippen molar-refractivity contribution in [3.8, 4) is 0 Å². The molecule has 0 fully saturated rings. The van der Waals surface area contributed by atoms with Gasteiger partial charge in [0.05, 0.1) is 10.7 Å². The second-order valence-corrected chi connectivity index (χ2v) is 3.95. The standard InChI is InChI=1S/C10H12Cl2FN/c1-7-5-8(12)10(6-9(7)13)14(2)4-3-11/h5-6H,3-4H2,1-2H3. The van der Waals surface area contributed by atoms with Gasteiger partial charge in [-0.05, 0) is 24.6 Å². The maximum absolute atomic E-state index is 13.2. The monoisotopic (exact) mass is 235 g/mol. The van der Waals surface area contributed by atoms with Crippen LogP contribution >= 0.6 is 23.2 Å². The molecule has 0 saturated carbocycles. The topological polar surface area (TPSA) is 3.24 Å². The van der Waals surface area contributed by atoms with Crippen LogP contribution in [0.25, 0.3) is 0 Å². The van der Waals surface area contributed by atoms with Crippen LogP contribution in [-0.2, 0) is 0 Å². The van der Waals surface area contributed by atoms with E-state index in [0.29, 0.717) is 28.7 Å². The molecule has 0 saturated heterocycles. The molecule has 1 aromatic rings. The molecule has 0 amide bonds. The van der Waals surface area contributed by atoms with E-state index in [1.54, 1.807) is 13.0 Å². The molecule has 0 aliphatic heterocycles. The molecule has 1 aromatic carbocycles. The summed E-state index contributed by atoms with van der Waals surface area (Å²) in [6, 6.07) is 3.06. The molecule has 4 heteroatoms. The molecule has 1 nitrogen and oxygen atoms in total. The fraction of sp³-hybridized carbons (Fsp3) is 0.400. The number of anilines is 1. The Kier molecular flexibility index (Phi) is 4.02. The summed E-state index contributed by atoms with van der Waals surface area (Å²) in [6.45, 7) is 2.33. The lowest BCUT2D eigenvalue weighted by atomic mass is 10.2. The third-order valence-corrected chi connectivity index (χ3v) is 2.53. The van der Waals surface area contributed by atoms with Crippen molar-refractivity contribution >= 4 is 28.9 Å². The number of rotatable bonds is 3. The van der Waals surface area contributed by atoms with Crippen molar-refractivity contribution in [2.75, 3.05) is 24.4 Å². The summed E-state index contributed by atoms with van der Waals surface area (Å²) in [5, 5.41) is 0.552. The number of alkyl halides is 1. The lowest BCUT2D eigenvalue weighted by molar-refractivity contribution is 0.618. The van der Waals surface area contributed by atoms with Crippen LogP contribution in [0.3, 0.4) is 0 Å². The van der Waals surface area contributed by atoms with Gasteiger partial charge >= 0.3 is 0 Å². The van der Waals surface area contributed by atoms with Crippen molar-refractivity contribution < 1.29 is 4.39 Å². The second kappa shape index (κ2) is 4.85. The van der Waals surface area contributed by atoms with E-state index in [4.69, 9.17) is 23.2 Å². The van der Waals surface area contributed by atoms with Crippen molar-refractivity contribution in [2.24, 2.45) is 0 Å². The Balaban J connectivity index is 3.02. The van der Waals surface area contributed by atoms with Gasteiger partial charge in [0.15, 0.2) is 0 Å². The van der Waals surface area contributed by atoms with E-state index in [-0.39, 0.29) is 5.82 Å². The molecular formula is C10H12Cl2FN. The number of nitrogens with zero attached hydrogens (tertiary/aromatic N) is 1. The predicted octanol–water partition coefficient (Wildman–Crippen LogP) is 3.46. The summed E-state index contributed by atoms with van der Waals surface area (Å²) in [7, 11) is 1.83. The van der Waals surface area contributed by atoms with Gasteiger partial charge in [-0.2, -0.15) is 0 Å². The number of benzene rings is 1. The summed E-state index contributed by atoms with van der Waals surface area (Å²) in [4.78, 5) is 1.83. The zero-order valence-corrected chi connectivity index (χ0v) is 9.66. The van der Waals surface area contributed by atoms with Crippen molar-refractivity contribution in [2.45, 2.75) is 6.92 Å². The van der Waals surface area contributed by atoms with Gasteiger partial charge in [-0.1, -0.05) is 11.6 Å². The third kappa shape index (κ3) is 2.52. The van der Waals surface area contributed by atoms with Gasteiger partial charge in [-0.25, -0.2) is 4.39 Å². The van der Waals surface area contributed by atoms with Crippen LogP contribution in [0.4, 0.5) is 10.1 Å². The average molecular weight is 236 g/mol. The average Bonchev–Trinajstić information content (AvgIpc) is 2.11. The second-order valence-electron chi connectivity index (χ2n) is 3.16. The highest BCUT2D eigenvalue weighted by molar-refractivity contribution is 6.33. The molecule has 78 valence electrons. The van der Waals surface area contributed by atoms with Crippen LogP contribution in [-0.4, -0.2) is 19.5 Å². The predicted molar refractivity (Wildman–Crippen MR) is 60.1 cm³/mol. The van der Waals surface area contributed by atoms with Crippen molar-refractivity contribution in [1.29, 1.82) is 0 Å². The van der Waals surface area contributed by atoms with E-state index in [1.165, 1.54) is 6.07 Å². The van der Waals surface area contributed by atoms with E-state index < -0.39 is 0 Å². The first-order chi connectivity index (χ1) is 6.56. The summed E-state index contributed by atoms with van der Waals surface area (Å²) in [5.41, 5.74) is 1.23. The fourth-order valence-electron chi connectivity index (χ4n) is 1.18. The molecule has 0 aliphatic carbocycles. The number of aryl methyl sites for hydroxylation is 1. The maximum atomic E-state index is 13.2. The summed E-state index contributed by atoms with van der Waals surface area (Å²) in [6.07, 6.45) is 0. The molecule has 0 unspecified atom stereocenters. The lowest BCUT2D eigenvalue weighted by Gasteiger charge is -2.19. The number of halogens is 3. The normalized spacial score (nSPS) is 10.4. The number of hydrogen-bond acceptors (Lipinski definition) is 1. The van der Waals surface area contributed by atoms with Crippen LogP contribution in [0.2, 0.25) is 5.02 Å². The van der Waals surface area contributed by atoms with E-state index in [0.717, 1.165) is 0 Å². The first-order valence-electron chi connectivity index (χ1n) is 4.29. The molecule has 0 spiro atoms. The molecule has 0 bridgehead atoms. The highest BCUT2D eigenvalue weighted by atomic mass is 35.5. The molecule has 14 heavy (non-hydrogen) atoms. The molecule has 0 radical (unpaired) electrons. The van der Waals surface area contributed by atoms with Gasteiger partial charge < -0.3 is 4.90 Å². The van der Waals surface area contributed by atoms with E-state index >= 15 is 0 Å². The van der Waals surface area contributed by atoms with Gasteiger partial charge in [-0.15, -0.1) is 11.6 Å². The van der Waals surface area contributed by atoms with Crippen LogP contribution in [0, 0.1) is 12.7 Å². The van der Waals surface area contributed by atoms with Crippen molar-refractivity contribution in [1.82, 2.24) is 0 Å². The van der Waals surface area contributed by atoms with E-state index in [1.807, 2.05) is 11.9 Å². The highest BCUT2D eigenvalue weighted by Gasteiger charge is 2.09. The van der Waals surface area contributed by atoms with E-state index in [9.17, 15) is 4.39 Å². The molecular weight excluding hydrogens is 224 g/mol. The quantitative estimate of drug-likeness (QED) is 0.726. The van der Waals surface area contributed by atoms with Crippen LogP contribution < -0.4 is 4.90 Å². The smallest absolute Gasteiger partial charge is 0.128 e. The maximum Gasteiger partial charge on any atom is 0.128 e. The Bertz CT molecular complexity index is 328. The van der Waals surface area contributed by atoms with E-state index in [2.05, 4.69) is 0 Å². The Morgan fingerprint density at radius 2 is 2.07 bits per heavy atom. The minimum absolute atomic E-state index is 0.245. The van der Waals surface area contributed by atoms with Crippen molar-refractivity contribution in [3.63, 3.8) is 0 Å². The summed E-state index contributed by atoms with van der Waals surface area (Å²) in [5.74, 6) is 0.244. The number of hydrogen-bond donors (Lipinski definition) is 0. The van der Waals surface area contributed by atoms with Gasteiger partial charge in [0.25, 0.3) is 0 Å². The Morgan fingerprint density at radius 3 is 2.64 bits per heavy atom. The zero-order valence-electron chi connectivity index (χ0n) is 8.15. The first-order valence-corrected chi connectivity index (χ1v) is 5.20. The molecule has 1 rings (SSSR count). The highest BCUT2D eigenvalue weighted by Crippen LogP contribution is 2.27. The minimum Gasteiger partial charge on any atom is -0.372 e. The SMILES string of the molecule is Cc1cc(Cl)c(N(C)CCCl)cc1F. The zero-order chi connectivity index (χ0) is 10.7. The Labute approximate surface area is 93.4 Å². The molecule has 0 atom stereocenters. The molecule has 0 aliphatic rings. The van der Waals surface area contributed by atoms with Gasteiger partial charge in [0.1, 0.15) is 5.82 Å². The summed E-state index contributed by atoms with van der Waals surface area (Å²) < 4.78 is 13.2. The Morgan fingerprint density at radius 1 is 1.43 bits per heavy atom. The summed E-state index contributed by atoms with van der Waals surface area (Å²) >= 11 is 11.6. The van der Waals surface area contributed by atoms with Gasteiger partial charge in [0.2, 0.25) is 0 Å². The van der Waals surface area contributed by atoms with Crippen LogP contribution in [0.15, 0.2) is 12.1 Å². The van der Waals surface area contributed by atoms with Gasteiger partial charge in [0, 0.05) is 19.5 Å². The largest absolute Gasteiger partial charge is 0.372 e. The van der Waals surface area contributed by atoms with Crippen molar-refractivity contribution in [3.05, 3.63) is 28.5 Å². The van der Waals surface area contributed by atoms with Crippen LogP contribution in [0.5, 0.6) is 0 Å². The molecule has 0 heterocycles.